The molecule has 7 heteroatoms. The highest BCUT2D eigenvalue weighted by Crippen LogP contribution is 2.33. The van der Waals surface area contributed by atoms with Crippen LogP contribution in [0, 0.1) is 22.4 Å². The van der Waals surface area contributed by atoms with Crippen molar-refractivity contribution >= 4 is 27.5 Å². The SMILES string of the molecule is Cc1cc([N+](=O)[O-])ccc1Oc1cccc(Br)c1C(=N)N. The average molecular weight is 350 g/mol. The maximum atomic E-state index is 10.7. The van der Waals surface area contributed by atoms with E-state index in [1.807, 2.05) is 0 Å². The fourth-order valence-corrected chi connectivity index (χ4v) is 2.39. The van der Waals surface area contributed by atoms with Crippen LogP contribution in [0.5, 0.6) is 11.5 Å². The van der Waals surface area contributed by atoms with E-state index in [0.717, 1.165) is 0 Å². The minimum atomic E-state index is -0.461. The van der Waals surface area contributed by atoms with Crippen LogP contribution in [0.1, 0.15) is 11.1 Å². The van der Waals surface area contributed by atoms with Crippen molar-refractivity contribution in [1.82, 2.24) is 0 Å². The molecule has 2 rings (SSSR count). The molecule has 0 amide bonds. The number of non-ortho nitro benzene ring substituents is 1. The van der Waals surface area contributed by atoms with Crippen molar-refractivity contribution in [2.24, 2.45) is 5.73 Å². The highest BCUT2D eigenvalue weighted by molar-refractivity contribution is 9.10. The number of hydrogen-bond acceptors (Lipinski definition) is 4. The second-order valence-electron chi connectivity index (χ2n) is 4.34. The smallest absolute Gasteiger partial charge is 0.269 e. The predicted octanol–water partition coefficient (Wildman–Crippen LogP) is 3.74. The number of nitrogens with two attached hydrogens (primary N) is 1. The fourth-order valence-electron chi connectivity index (χ4n) is 1.83. The highest BCUT2D eigenvalue weighted by atomic mass is 79.9. The Kier molecular flexibility index (Phi) is 4.23. The van der Waals surface area contributed by atoms with Crippen LogP contribution in [0.4, 0.5) is 5.69 Å². The number of nitrogens with one attached hydrogen (secondary N) is 1. The standard InChI is InChI=1S/C14H12BrN3O3/c1-8-7-9(18(19)20)5-6-11(8)21-12-4-2-3-10(15)13(12)14(16)17/h2-7H,1H3,(H3,16,17). The Morgan fingerprint density at radius 3 is 2.62 bits per heavy atom. The molecule has 0 aliphatic carbocycles. The van der Waals surface area contributed by atoms with Gasteiger partial charge in [-0.05, 0) is 46.6 Å². The Labute approximate surface area is 129 Å². The number of nitrogen functional groups attached to an aromatic ring is 1. The summed E-state index contributed by atoms with van der Waals surface area (Å²) in [6.45, 7) is 1.72. The van der Waals surface area contributed by atoms with Crippen molar-refractivity contribution in [2.75, 3.05) is 0 Å². The number of amidine groups is 1. The molecule has 108 valence electrons. The summed E-state index contributed by atoms with van der Waals surface area (Å²) in [5, 5.41) is 18.3. The number of nitro groups is 1. The van der Waals surface area contributed by atoms with E-state index < -0.39 is 4.92 Å². The summed E-state index contributed by atoms with van der Waals surface area (Å²) in [6, 6.07) is 9.52. The summed E-state index contributed by atoms with van der Waals surface area (Å²) in [4.78, 5) is 10.3. The van der Waals surface area contributed by atoms with Crippen LogP contribution in [-0.4, -0.2) is 10.8 Å². The fraction of sp³-hybridized carbons (Fsp3) is 0.0714. The maximum Gasteiger partial charge on any atom is 0.269 e. The zero-order valence-electron chi connectivity index (χ0n) is 11.1. The van der Waals surface area contributed by atoms with Crippen molar-refractivity contribution in [3.63, 3.8) is 0 Å². The van der Waals surface area contributed by atoms with Gasteiger partial charge >= 0.3 is 0 Å². The van der Waals surface area contributed by atoms with Crippen LogP contribution in [-0.2, 0) is 0 Å². The Hall–Kier alpha value is -2.41. The molecule has 0 saturated heterocycles. The van der Waals surface area contributed by atoms with E-state index in [2.05, 4.69) is 15.9 Å². The Balaban J connectivity index is 2.42. The third-order valence-electron chi connectivity index (χ3n) is 2.83. The molecule has 6 nitrogen and oxygen atoms in total. The molecule has 2 aromatic carbocycles. The minimum absolute atomic E-state index is 0.000818. The van der Waals surface area contributed by atoms with Crippen LogP contribution in [0.15, 0.2) is 40.9 Å². The van der Waals surface area contributed by atoms with E-state index in [9.17, 15) is 10.1 Å². The molecular weight excluding hydrogens is 338 g/mol. The first kappa shape index (κ1) is 15.0. The van der Waals surface area contributed by atoms with Crippen molar-refractivity contribution in [1.29, 1.82) is 5.41 Å². The summed E-state index contributed by atoms with van der Waals surface area (Å²) < 4.78 is 6.39. The number of nitrogens with zero attached hydrogens (tertiary/aromatic N) is 1. The Morgan fingerprint density at radius 2 is 2.05 bits per heavy atom. The lowest BCUT2D eigenvalue weighted by Gasteiger charge is -2.13. The molecule has 0 radical (unpaired) electrons. The van der Waals surface area contributed by atoms with Gasteiger partial charge < -0.3 is 10.5 Å². The van der Waals surface area contributed by atoms with Crippen molar-refractivity contribution in [2.45, 2.75) is 6.92 Å². The topological polar surface area (TPSA) is 102 Å². The quantitative estimate of drug-likeness (QED) is 0.379. The molecule has 0 bridgehead atoms. The Bertz CT molecular complexity index is 731. The molecule has 0 spiro atoms. The van der Waals surface area contributed by atoms with Crippen LogP contribution in [0.3, 0.4) is 0 Å². The zero-order chi connectivity index (χ0) is 15.6. The van der Waals surface area contributed by atoms with Gasteiger partial charge in [0.1, 0.15) is 17.3 Å². The number of aryl methyl sites for hydroxylation is 1. The van der Waals surface area contributed by atoms with Gasteiger partial charge in [0, 0.05) is 16.6 Å². The first-order chi connectivity index (χ1) is 9.90. The first-order valence-electron chi connectivity index (χ1n) is 5.96. The van der Waals surface area contributed by atoms with Gasteiger partial charge in [-0.25, -0.2) is 0 Å². The molecule has 0 atom stereocenters. The van der Waals surface area contributed by atoms with Crippen LogP contribution < -0.4 is 10.5 Å². The lowest BCUT2D eigenvalue weighted by atomic mass is 10.1. The van der Waals surface area contributed by atoms with Gasteiger partial charge in [0.05, 0.1) is 10.5 Å². The molecule has 0 saturated carbocycles. The first-order valence-corrected chi connectivity index (χ1v) is 6.75. The van der Waals surface area contributed by atoms with Gasteiger partial charge in [0.25, 0.3) is 5.69 Å². The number of ether oxygens (including phenoxy) is 1. The number of halogens is 1. The van der Waals surface area contributed by atoms with E-state index in [4.69, 9.17) is 15.9 Å². The van der Waals surface area contributed by atoms with Gasteiger partial charge in [0.2, 0.25) is 0 Å². The monoisotopic (exact) mass is 349 g/mol. The second kappa shape index (κ2) is 5.92. The zero-order valence-corrected chi connectivity index (χ0v) is 12.7. The Morgan fingerprint density at radius 1 is 1.33 bits per heavy atom. The molecule has 0 heterocycles. The molecule has 3 N–H and O–H groups in total. The van der Waals surface area contributed by atoms with E-state index in [-0.39, 0.29) is 11.5 Å². The summed E-state index contributed by atoms with van der Waals surface area (Å²) >= 11 is 3.32. The normalized spacial score (nSPS) is 10.2. The molecular formula is C14H12BrN3O3. The van der Waals surface area contributed by atoms with Gasteiger partial charge in [-0.2, -0.15) is 0 Å². The highest BCUT2D eigenvalue weighted by Gasteiger charge is 2.14. The van der Waals surface area contributed by atoms with Crippen molar-refractivity contribution in [3.8, 4) is 11.5 Å². The largest absolute Gasteiger partial charge is 0.456 e. The van der Waals surface area contributed by atoms with E-state index >= 15 is 0 Å². The number of hydrogen-bond donors (Lipinski definition) is 2. The van der Waals surface area contributed by atoms with Crippen LogP contribution >= 0.6 is 15.9 Å². The molecule has 0 aliphatic rings. The van der Waals surface area contributed by atoms with Gasteiger partial charge in [-0.15, -0.1) is 0 Å². The number of benzene rings is 2. The van der Waals surface area contributed by atoms with Gasteiger partial charge in [-0.3, -0.25) is 15.5 Å². The third kappa shape index (κ3) is 3.19. The summed E-state index contributed by atoms with van der Waals surface area (Å²) in [7, 11) is 0. The predicted molar refractivity (Wildman–Crippen MR) is 83.1 cm³/mol. The van der Waals surface area contributed by atoms with Gasteiger partial charge in [0.15, 0.2) is 0 Å². The lowest BCUT2D eigenvalue weighted by molar-refractivity contribution is -0.384. The molecule has 0 aromatic heterocycles. The average Bonchev–Trinajstić information content (AvgIpc) is 2.40. The maximum absolute atomic E-state index is 10.7. The molecule has 0 unspecified atom stereocenters. The summed E-state index contributed by atoms with van der Waals surface area (Å²) in [5.74, 6) is 0.757. The molecule has 21 heavy (non-hydrogen) atoms. The minimum Gasteiger partial charge on any atom is -0.456 e. The molecule has 0 aliphatic heterocycles. The molecule has 2 aromatic rings. The second-order valence-corrected chi connectivity index (χ2v) is 5.19. The van der Waals surface area contributed by atoms with Crippen LogP contribution in [0.25, 0.3) is 0 Å². The van der Waals surface area contributed by atoms with E-state index in [1.54, 1.807) is 25.1 Å². The van der Waals surface area contributed by atoms with E-state index in [1.165, 1.54) is 18.2 Å². The number of rotatable bonds is 4. The van der Waals surface area contributed by atoms with E-state index in [0.29, 0.717) is 27.1 Å². The molecule has 0 fully saturated rings. The van der Waals surface area contributed by atoms with Gasteiger partial charge in [-0.1, -0.05) is 6.07 Å². The van der Waals surface area contributed by atoms with Crippen molar-refractivity contribution in [3.05, 3.63) is 62.1 Å². The number of nitro benzene ring substituents is 1. The van der Waals surface area contributed by atoms with Crippen molar-refractivity contribution < 1.29 is 9.66 Å². The summed E-state index contributed by atoms with van der Waals surface area (Å²) in [5.41, 5.74) is 6.62. The third-order valence-corrected chi connectivity index (χ3v) is 3.49. The lowest BCUT2D eigenvalue weighted by Crippen LogP contribution is -2.13. The van der Waals surface area contributed by atoms with Crippen LogP contribution in [0.2, 0.25) is 0 Å². The summed E-state index contributed by atoms with van der Waals surface area (Å²) in [6.07, 6.45) is 0.